The second-order valence-electron chi connectivity index (χ2n) is 3.54. The van der Waals surface area contributed by atoms with Crippen molar-refractivity contribution in [1.82, 2.24) is 0 Å². The molecule has 0 saturated heterocycles. The maximum Gasteiger partial charge on any atom is 0.221 e. The van der Waals surface area contributed by atoms with Gasteiger partial charge in [-0.2, -0.15) is 0 Å². The topological polar surface area (TPSA) is 68.8 Å². The fourth-order valence-electron chi connectivity index (χ4n) is 1.32. The van der Waals surface area contributed by atoms with Gasteiger partial charge < -0.3 is 14.8 Å². The zero-order valence-corrected chi connectivity index (χ0v) is 10.8. The summed E-state index contributed by atoms with van der Waals surface area (Å²) in [5.74, 6) is 0.493. The van der Waals surface area contributed by atoms with Crippen LogP contribution in [0.5, 0.6) is 5.75 Å². The van der Waals surface area contributed by atoms with Gasteiger partial charge >= 0.3 is 0 Å². The number of carbonyl (C=O) groups excluding carboxylic acids is 1. The van der Waals surface area contributed by atoms with Gasteiger partial charge in [0, 0.05) is 19.7 Å². The van der Waals surface area contributed by atoms with Gasteiger partial charge in [0.15, 0.2) is 0 Å². The average Bonchev–Trinajstić information content (AvgIpc) is 2.34. The molecule has 0 spiro atoms. The predicted octanol–water partition coefficient (Wildman–Crippen LogP) is 1.64. The number of hydrogen-bond donors (Lipinski definition) is 2. The molecule has 0 fully saturated rings. The molecule has 6 heteroatoms. The lowest BCUT2D eigenvalue weighted by Gasteiger charge is -2.12. The lowest BCUT2D eigenvalue weighted by molar-refractivity contribution is -0.114. The first-order valence-electron chi connectivity index (χ1n) is 5.49. The second-order valence-corrected chi connectivity index (χ2v) is 3.54. The third-order valence-electron chi connectivity index (χ3n) is 2.09. The minimum atomic E-state index is -0.133. The Labute approximate surface area is 106 Å². The SMILES string of the molecule is COCCONc1cc(NC(C)=O)ccc1OC. The van der Waals surface area contributed by atoms with Gasteiger partial charge in [0.2, 0.25) is 5.91 Å². The highest BCUT2D eigenvalue weighted by Gasteiger charge is 2.05. The highest BCUT2D eigenvalue weighted by atomic mass is 16.7. The normalized spacial score (nSPS) is 9.94. The summed E-state index contributed by atoms with van der Waals surface area (Å²) < 4.78 is 10.0. The molecule has 1 aromatic rings. The Morgan fingerprint density at radius 2 is 2.06 bits per heavy atom. The molecular formula is C12H18N2O4. The van der Waals surface area contributed by atoms with E-state index in [9.17, 15) is 4.79 Å². The van der Waals surface area contributed by atoms with E-state index in [1.165, 1.54) is 6.92 Å². The number of anilines is 2. The molecule has 0 saturated carbocycles. The monoisotopic (exact) mass is 254 g/mol. The van der Waals surface area contributed by atoms with Gasteiger partial charge in [0.1, 0.15) is 11.4 Å². The summed E-state index contributed by atoms with van der Waals surface area (Å²) in [5, 5.41) is 2.68. The van der Waals surface area contributed by atoms with E-state index in [1.807, 2.05) is 0 Å². The molecular weight excluding hydrogens is 236 g/mol. The Morgan fingerprint density at radius 3 is 2.67 bits per heavy atom. The highest BCUT2D eigenvalue weighted by Crippen LogP contribution is 2.27. The summed E-state index contributed by atoms with van der Waals surface area (Å²) >= 11 is 0. The molecule has 0 atom stereocenters. The largest absolute Gasteiger partial charge is 0.495 e. The van der Waals surface area contributed by atoms with E-state index in [4.69, 9.17) is 14.3 Å². The summed E-state index contributed by atoms with van der Waals surface area (Å²) in [7, 11) is 3.16. The number of nitrogens with one attached hydrogen (secondary N) is 2. The van der Waals surface area contributed by atoms with Crippen molar-refractivity contribution in [3.05, 3.63) is 18.2 Å². The van der Waals surface area contributed by atoms with Crippen molar-refractivity contribution in [2.75, 3.05) is 38.2 Å². The zero-order chi connectivity index (χ0) is 13.4. The van der Waals surface area contributed by atoms with Crippen molar-refractivity contribution >= 4 is 17.3 Å². The van der Waals surface area contributed by atoms with Crippen LogP contribution < -0.4 is 15.5 Å². The fourth-order valence-corrected chi connectivity index (χ4v) is 1.32. The number of amides is 1. The van der Waals surface area contributed by atoms with Gasteiger partial charge in [-0.25, -0.2) is 0 Å². The van der Waals surface area contributed by atoms with Crippen LogP contribution in [0.4, 0.5) is 11.4 Å². The molecule has 1 amide bonds. The summed E-state index contributed by atoms with van der Waals surface area (Å²) in [6.45, 7) is 2.34. The molecule has 0 bridgehead atoms. The third kappa shape index (κ3) is 4.60. The van der Waals surface area contributed by atoms with Crippen LogP contribution in [-0.2, 0) is 14.4 Å². The van der Waals surface area contributed by atoms with Crippen LogP contribution in [0.2, 0.25) is 0 Å². The maximum atomic E-state index is 11.0. The predicted molar refractivity (Wildman–Crippen MR) is 68.7 cm³/mol. The van der Waals surface area contributed by atoms with Crippen LogP contribution in [0.1, 0.15) is 6.92 Å². The molecule has 0 radical (unpaired) electrons. The van der Waals surface area contributed by atoms with E-state index in [-0.39, 0.29) is 5.91 Å². The van der Waals surface area contributed by atoms with E-state index in [0.29, 0.717) is 30.3 Å². The van der Waals surface area contributed by atoms with Gasteiger partial charge in [0.05, 0.1) is 20.3 Å². The molecule has 0 aromatic heterocycles. The summed E-state index contributed by atoms with van der Waals surface area (Å²) in [5.41, 5.74) is 4.06. The minimum Gasteiger partial charge on any atom is -0.495 e. The molecule has 0 aliphatic heterocycles. The number of hydrogen-bond acceptors (Lipinski definition) is 5. The Balaban J connectivity index is 2.69. The Morgan fingerprint density at radius 1 is 1.28 bits per heavy atom. The summed E-state index contributed by atoms with van der Waals surface area (Å²) in [4.78, 5) is 16.2. The van der Waals surface area contributed by atoms with Crippen molar-refractivity contribution in [2.24, 2.45) is 0 Å². The molecule has 18 heavy (non-hydrogen) atoms. The Kier molecular flexibility index (Phi) is 5.96. The summed E-state index contributed by atoms with van der Waals surface area (Å²) in [6, 6.07) is 5.22. The number of carbonyl (C=O) groups is 1. The Bertz CT molecular complexity index is 396. The first-order chi connectivity index (χ1) is 8.67. The van der Waals surface area contributed by atoms with E-state index in [0.717, 1.165) is 0 Å². The maximum absolute atomic E-state index is 11.0. The van der Waals surface area contributed by atoms with Gasteiger partial charge in [0.25, 0.3) is 0 Å². The quantitative estimate of drug-likeness (QED) is 0.572. The zero-order valence-electron chi connectivity index (χ0n) is 10.8. The van der Waals surface area contributed by atoms with Gasteiger partial charge in [-0.1, -0.05) is 0 Å². The number of methoxy groups -OCH3 is 2. The van der Waals surface area contributed by atoms with Crippen molar-refractivity contribution in [3.63, 3.8) is 0 Å². The van der Waals surface area contributed by atoms with Crippen LogP contribution in [0, 0.1) is 0 Å². The van der Waals surface area contributed by atoms with Crippen molar-refractivity contribution in [1.29, 1.82) is 0 Å². The number of ether oxygens (including phenoxy) is 2. The van der Waals surface area contributed by atoms with E-state index in [2.05, 4.69) is 10.8 Å². The molecule has 0 heterocycles. The third-order valence-corrected chi connectivity index (χ3v) is 2.09. The van der Waals surface area contributed by atoms with Gasteiger partial charge in [-0.05, 0) is 18.2 Å². The van der Waals surface area contributed by atoms with E-state index >= 15 is 0 Å². The number of rotatable bonds is 7. The molecule has 2 N–H and O–H groups in total. The smallest absolute Gasteiger partial charge is 0.221 e. The number of benzene rings is 1. The average molecular weight is 254 g/mol. The molecule has 6 nitrogen and oxygen atoms in total. The molecule has 1 aromatic carbocycles. The molecule has 1 rings (SSSR count). The van der Waals surface area contributed by atoms with Crippen LogP contribution in [-0.4, -0.2) is 33.3 Å². The van der Waals surface area contributed by atoms with E-state index in [1.54, 1.807) is 32.4 Å². The minimum absolute atomic E-state index is 0.133. The summed E-state index contributed by atoms with van der Waals surface area (Å²) in [6.07, 6.45) is 0. The van der Waals surface area contributed by atoms with Crippen molar-refractivity contribution in [2.45, 2.75) is 6.92 Å². The van der Waals surface area contributed by atoms with Crippen LogP contribution in [0.3, 0.4) is 0 Å². The molecule has 0 aliphatic carbocycles. The van der Waals surface area contributed by atoms with Gasteiger partial charge in [-0.3, -0.25) is 15.1 Å². The van der Waals surface area contributed by atoms with Gasteiger partial charge in [-0.15, -0.1) is 0 Å². The molecule has 100 valence electrons. The fraction of sp³-hybridized carbons (Fsp3) is 0.417. The van der Waals surface area contributed by atoms with Crippen LogP contribution in [0.25, 0.3) is 0 Å². The van der Waals surface area contributed by atoms with Crippen molar-refractivity contribution in [3.8, 4) is 5.75 Å². The highest BCUT2D eigenvalue weighted by molar-refractivity contribution is 5.89. The van der Waals surface area contributed by atoms with Crippen LogP contribution >= 0.6 is 0 Å². The first kappa shape index (κ1) is 14.3. The van der Waals surface area contributed by atoms with E-state index < -0.39 is 0 Å². The lowest BCUT2D eigenvalue weighted by atomic mass is 10.2. The van der Waals surface area contributed by atoms with Crippen LogP contribution in [0.15, 0.2) is 18.2 Å². The Hall–Kier alpha value is -1.79. The lowest BCUT2D eigenvalue weighted by Crippen LogP contribution is -2.10. The van der Waals surface area contributed by atoms with Crippen molar-refractivity contribution < 1.29 is 19.1 Å². The first-order valence-corrected chi connectivity index (χ1v) is 5.49. The second kappa shape index (κ2) is 7.52. The molecule has 0 unspecified atom stereocenters. The molecule has 0 aliphatic rings. The standard InChI is InChI=1S/C12H18N2O4/c1-9(15)13-10-4-5-12(17-3)11(8-10)14-18-7-6-16-2/h4-5,8,14H,6-7H2,1-3H3,(H,13,15).